The van der Waals surface area contributed by atoms with Crippen molar-refractivity contribution < 1.29 is 22.9 Å². The quantitative estimate of drug-likeness (QED) is 0.841. The summed E-state index contributed by atoms with van der Waals surface area (Å²) in [6.07, 6.45) is 1.26. The number of carbonyl (C=O) groups is 2. The van der Waals surface area contributed by atoms with E-state index < -0.39 is 11.6 Å². The van der Waals surface area contributed by atoms with Crippen LogP contribution < -0.4 is 0 Å². The van der Waals surface area contributed by atoms with Crippen molar-refractivity contribution in [1.29, 1.82) is 0 Å². The summed E-state index contributed by atoms with van der Waals surface area (Å²) in [6.45, 7) is 3.17. The molecule has 1 saturated heterocycles. The molecule has 1 aliphatic rings. The van der Waals surface area contributed by atoms with E-state index in [1.54, 1.807) is 9.80 Å². The topological polar surface area (TPSA) is 66.7 Å². The number of nitrogens with zero attached hydrogens (tertiary/aromatic N) is 3. The summed E-state index contributed by atoms with van der Waals surface area (Å²) in [5.41, 5.74) is 0.411. The Hall–Kier alpha value is -2.77. The summed E-state index contributed by atoms with van der Waals surface area (Å²) in [4.78, 5) is 27.2. The SMILES string of the molecule is CC(=O)N1CCN(C(=O)c2cnoc2-c2ccc(F)c(F)c2)CC1. The number of benzene rings is 1. The van der Waals surface area contributed by atoms with Crippen LogP contribution in [-0.2, 0) is 4.79 Å². The Morgan fingerprint density at radius 3 is 2.38 bits per heavy atom. The largest absolute Gasteiger partial charge is 0.355 e. The summed E-state index contributed by atoms with van der Waals surface area (Å²) in [7, 11) is 0. The van der Waals surface area contributed by atoms with Gasteiger partial charge in [0, 0.05) is 38.7 Å². The number of carbonyl (C=O) groups excluding carboxylic acids is 2. The molecule has 2 amide bonds. The van der Waals surface area contributed by atoms with Gasteiger partial charge in [-0.15, -0.1) is 0 Å². The van der Waals surface area contributed by atoms with E-state index in [-0.39, 0.29) is 28.7 Å². The summed E-state index contributed by atoms with van der Waals surface area (Å²) in [6, 6.07) is 3.25. The molecule has 1 aromatic carbocycles. The predicted molar refractivity (Wildman–Crippen MR) is 80.0 cm³/mol. The van der Waals surface area contributed by atoms with Crippen molar-refractivity contribution in [2.45, 2.75) is 6.92 Å². The van der Waals surface area contributed by atoms with Gasteiger partial charge in [0.2, 0.25) is 5.91 Å². The normalized spacial score (nSPS) is 14.8. The number of aromatic nitrogens is 1. The van der Waals surface area contributed by atoms with Gasteiger partial charge in [0.1, 0.15) is 5.56 Å². The van der Waals surface area contributed by atoms with Gasteiger partial charge in [-0.3, -0.25) is 9.59 Å². The first-order valence-corrected chi connectivity index (χ1v) is 7.42. The average molecular weight is 335 g/mol. The highest BCUT2D eigenvalue weighted by atomic mass is 19.2. The lowest BCUT2D eigenvalue weighted by Gasteiger charge is -2.34. The van der Waals surface area contributed by atoms with Crippen LogP contribution in [0.4, 0.5) is 8.78 Å². The second kappa shape index (κ2) is 6.38. The molecule has 0 spiro atoms. The van der Waals surface area contributed by atoms with Crippen LogP contribution in [0, 0.1) is 11.6 Å². The fraction of sp³-hybridized carbons (Fsp3) is 0.312. The maximum atomic E-state index is 13.4. The Bertz CT molecular complexity index is 783. The van der Waals surface area contributed by atoms with Gasteiger partial charge in [-0.25, -0.2) is 8.78 Å². The highest BCUT2D eigenvalue weighted by Crippen LogP contribution is 2.26. The third kappa shape index (κ3) is 2.99. The van der Waals surface area contributed by atoms with Gasteiger partial charge in [-0.2, -0.15) is 0 Å². The highest BCUT2D eigenvalue weighted by molar-refractivity contribution is 5.99. The minimum Gasteiger partial charge on any atom is -0.355 e. The van der Waals surface area contributed by atoms with Gasteiger partial charge in [-0.05, 0) is 18.2 Å². The van der Waals surface area contributed by atoms with Gasteiger partial charge in [0.25, 0.3) is 5.91 Å². The van der Waals surface area contributed by atoms with Crippen LogP contribution in [0.3, 0.4) is 0 Å². The van der Waals surface area contributed by atoms with Gasteiger partial charge in [0.05, 0.1) is 6.20 Å². The number of halogens is 2. The van der Waals surface area contributed by atoms with Crippen molar-refractivity contribution in [3.63, 3.8) is 0 Å². The Labute approximate surface area is 136 Å². The number of amides is 2. The van der Waals surface area contributed by atoms with Gasteiger partial charge < -0.3 is 14.3 Å². The minimum absolute atomic E-state index is 0.0328. The highest BCUT2D eigenvalue weighted by Gasteiger charge is 2.27. The van der Waals surface area contributed by atoms with Crippen molar-refractivity contribution in [2.24, 2.45) is 0 Å². The zero-order chi connectivity index (χ0) is 17.3. The van der Waals surface area contributed by atoms with Gasteiger partial charge >= 0.3 is 0 Å². The van der Waals surface area contributed by atoms with Crippen LogP contribution in [0.25, 0.3) is 11.3 Å². The molecule has 0 aliphatic carbocycles. The lowest BCUT2D eigenvalue weighted by Crippen LogP contribution is -2.50. The van der Waals surface area contributed by atoms with E-state index >= 15 is 0 Å². The molecule has 126 valence electrons. The number of hydrogen-bond acceptors (Lipinski definition) is 4. The molecule has 1 aliphatic heterocycles. The molecule has 3 rings (SSSR count). The van der Waals surface area contributed by atoms with Crippen LogP contribution in [0.1, 0.15) is 17.3 Å². The van der Waals surface area contributed by atoms with Gasteiger partial charge in [-0.1, -0.05) is 5.16 Å². The predicted octanol–water partition coefficient (Wildman–Crippen LogP) is 1.92. The maximum Gasteiger partial charge on any atom is 0.259 e. The lowest BCUT2D eigenvalue weighted by atomic mass is 10.1. The Kier molecular flexibility index (Phi) is 4.28. The van der Waals surface area contributed by atoms with Crippen molar-refractivity contribution in [1.82, 2.24) is 15.0 Å². The Morgan fingerprint density at radius 2 is 1.75 bits per heavy atom. The minimum atomic E-state index is -1.03. The van der Waals surface area contributed by atoms with E-state index in [4.69, 9.17) is 4.52 Å². The average Bonchev–Trinajstić information content (AvgIpc) is 3.06. The zero-order valence-electron chi connectivity index (χ0n) is 13.0. The third-order valence-corrected chi connectivity index (χ3v) is 3.99. The molecular formula is C16H15F2N3O3. The lowest BCUT2D eigenvalue weighted by molar-refractivity contribution is -0.130. The van der Waals surface area contributed by atoms with Crippen molar-refractivity contribution in [3.05, 3.63) is 41.6 Å². The van der Waals surface area contributed by atoms with E-state index in [2.05, 4.69) is 5.16 Å². The van der Waals surface area contributed by atoms with Crippen LogP contribution in [0.2, 0.25) is 0 Å². The summed E-state index contributed by atoms with van der Waals surface area (Å²) in [5, 5.41) is 3.61. The first kappa shape index (κ1) is 16.1. The molecule has 0 radical (unpaired) electrons. The molecule has 0 unspecified atom stereocenters. The maximum absolute atomic E-state index is 13.4. The smallest absolute Gasteiger partial charge is 0.259 e. The van der Waals surface area contributed by atoms with E-state index in [1.165, 1.54) is 19.2 Å². The molecule has 8 heteroatoms. The molecule has 0 N–H and O–H groups in total. The first-order chi connectivity index (χ1) is 11.5. The van der Waals surface area contributed by atoms with Crippen molar-refractivity contribution in [2.75, 3.05) is 26.2 Å². The van der Waals surface area contributed by atoms with Crippen LogP contribution in [0.15, 0.2) is 28.9 Å². The zero-order valence-corrected chi connectivity index (χ0v) is 13.0. The van der Waals surface area contributed by atoms with Crippen molar-refractivity contribution in [3.8, 4) is 11.3 Å². The van der Waals surface area contributed by atoms with E-state index in [0.717, 1.165) is 12.1 Å². The molecule has 2 aromatic rings. The standard InChI is InChI=1S/C16H15F2N3O3/c1-10(22)20-4-6-21(7-5-20)16(23)12-9-19-24-15(12)11-2-3-13(17)14(18)8-11/h2-3,8-9H,4-7H2,1H3. The molecule has 0 bridgehead atoms. The monoisotopic (exact) mass is 335 g/mol. The van der Waals surface area contributed by atoms with E-state index in [0.29, 0.717) is 26.2 Å². The number of piperazine rings is 1. The number of rotatable bonds is 2. The first-order valence-electron chi connectivity index (χ1n) is 7.42. The van der Waals surface area contributed by atoms with E-state index in [9.17, 15) is 18.4 Å². The molecule has 24 heavy (non-hydrogen) atoms. The molecule has 6 nitrogen and oxygen atoms in total. The summed E-state index contributed by atoms with van der Waals surface area (Å²) < 4.78 is 31.5. The van der Waals surface area contributed by atoms with Gasteiger partial charge in [0.15, 0.2) is 17.4 Å². The second-order valence-corrected chi connectivity index (χ2v) is 5.50. The Balaban J connectivity index is 1.81. The Morgan fingerprint density at radius 1 is 1.08 bits per heavy atom. The fourth-order valence-electron chi connectivity index (χ4n) is 2.63. The third-order valence-electron chi connectivity index (χ3n) is 3.99. The summed E-state index contributed by atoms with van der Waals surface area (Å²) >= 11 is 0. The van der Waals surface area contributed by atoms with Crippen molar-refractivity contribution >= 4 is 11.8 Å². The molecule has 0 atom stereocenters. The van der Waals surface area contributed by atoms with E-state index in [1.807, 2.05) is 0 Å². The molecular weight excluding hydrogens is 320 g/mol. The molecule has 1 fully saturated rings. The molecule has 1 aromatic heterocycles. The fourth-order valence-corrected chi connectivity index (χ4v) is 2.63. The number of hydrogen-bond donors (Lipinski definition) is 0. The van der Waals surface area contributed by atoms with Crippen LogP contribution in [-0.4, -0.2) is 52.9 Å². The summed E-state index contributed by atoms with van der Waals surface area (Å²) in [5.74, 6) is -2.27. The molecule has 0 saturated carbocycles. The van der Waals surface area contributed by atoms with Crippen LogP contribution in [0.5, 0.6) is 0 Å². The van der Waals surface area contributed by atoms with Crippen LogP contribution >= 0.6 is 0 Å². The second-order valence-electron chi connectivity index (χ2n) is 5.50. The molecule has 2 heterocycles.